The molecule has 6 heteroatoms. The number of nitrogen functional groups attached to an aromatic ring is 1. The van der Waals surface area contributed by atoms with E-state index in [4.69, 9.17) is 10.6 Å². The number of rotatable bonds is 6. The van der Waals surface area contributed by atoms with Gasteiger partial charge in [-0.05, 0) is 31.0 Å². The van der Waals surface area contributed by atoms with Gasteiger partial charge in [0.15, 0.2) is 0 Å². The molecule has 0 aromatic heterocycles. The number of para-hydroxylation sites is 1. The Morgan fingerprint density at radius 3 is 3.00 bits per heavy atom. The Kier molecular flexibility index (Phi) is 5.55. The van der Waals surface area contributed by atoms with Gasteiger partial charge in [0.2, 0.25) is 0 Å². The van der Waals surface area contributed by atoms with Crippen molar-refractivity contribution in [3.05, 3.63) is 29.8 Å². The molecular weight excluding hydrogens is 270 g/mol. The van der Waals surface area contributed by atoms with E-state index in [1.807, 2.05) is 6.07 Å². The monoisotopic (exact) mass is 293 g/mol. The second-order valence-electron chi connectivity index (χ2n) is 5.37. The summed E-state index contributed by atoms with van der Waals surface area (Å²) in [6, 6.07) is 7.21. The molecule has 1 aromatic carbocycles. The van der Waals surface area contributed by atoms with E-state index in [1.54, 1.807) is 18.2 Å². The van der Waals surface area contributed by atoms with Gasteiger partial charge in [0.05, 0.1) is 12.2 Å². The molecular formula is C15H23N3O3. The smallest absolute Gasteiger partial charge is 0.268 e. The van der Waals surface area contributed by atoms with Crippen molar-refractivity contribution >= 4 is 5.91 Å². The summed E-state index contributed by atoms with van der Waals surface area (Å²) in [5, 5.41) is 9.42. The lowest BCUT2D eigenvalue weighted by Crippen LogP contribution is -2.38. The first-order chi connectivity index (χ1) is 10.2. The lowest BCUT2D eigenvalue weighted by molar-refractivity contribution is 0.0947. The summed E-state index contributed by atoms with van der Waals surface area (Å²) in [6.45, 7) is 4.50. The fraction of sp³-hybridized carbons (Fsp3) is 0.533. The average Bonchev–Trinajstić information content (AvgIpc) is 2.87. The maximum absolute atomic E-state index is 11.6. The summed E-state index contributed by atoms with van der Waals surface area (Å²) in [6.07, 6.45) is 1.09. The first-order valence-electron chi connectivity index (χ1n) is 7.25. The van der Waals surface area contributed by atoms with Crippen LogP contribution in [0.2, 0.25) is 0 Å². The highest BCUT2D eigenvalue weighted by molar-refractivity contribution is 5.96. The summed E-state index contributed by atoms with van der Waals surface area (Å²) in [5.41, 5.74) is 2.54. The maximum Gasteiger partial charge on any atom is 0.268 e. The Bertz CT molecular complexity index is 481. The van der Waals surface area contributed by atoms with Gasteiger partial charge in [-0.3, -0.25) is 15.1 Å². The van der Waals surface area contributed by atoms with E-state index < -0.39 is 0 Å². The predicted molar refractivity (Wildman–Crippen MR) is 79.8 cm³/mol. The number of carbonyl (C=O) groups is 1. The zero-order valence-electron chi connectivity index (χ0n) is 12.3. The fourth-order valence-electron chi connectivity index (χ4n) is 2.79. The highest BCUT2D eigenvalue weighted by atomic mass is 16.5. The first-order valence-corrected chi connectivity index (χ1v) is 7.25. The maximum atomic E-state index is 11.6. The molecule has 2 rings (SSSR count). The van der Waals surface area contributed by atoms with E-state index in [0.717, 1.165) is 19.5 Å². The van der Waals surface area contributed by atoms with Crippen molar-refractivity contribution in [1.29, 1.82) is 0 Å². The number of ether oxygens (including phenoxy) is 1. The fourth-order valence-corrected chi connectivity index (χ4v) is 2.79. The third-order valence-corrected chi connectivity index (χ3v) is 4.08. The minimum atomic E-state index is -0.367. The zero-order chi connectivity index (χ0) is 15.2. The van der Waals surface area contributed by atoms with Crippen LogP contribution in [0.1, 0.15) is 23.7 Å². The Balaban J connectivity index is 1.91. The summed E-state index contributed by atoms with van der Waals surface area (Å²) < 4.78 is 5.71. The number of nitrogens with two attached hydrogens (primary N) is 1. The van der Waals surface area contributed by atoms with Crippen molar-refractivity contribution in [3.63, 3.8) is 0 Å². The van der Waals surface area contributed by atoms with Gasteiger partial charge in [0, 0.05) is 12.6 Å². The van der Waals surface area contributed by atoms with Crippen molar-refractivity contribution in [2.24, 2.45) is 11.8 Å². The summed E-state index contributed by atoms with van der Waals surface area (Å²) in [4.78, 5) is 13.9. The summed E-state index contributed by atoms with van der Waals surface area (Å²) >= 11 is 0. The Labute approximate surface area is 124 Å². The Morgan fingerprint density at radius 1 is 1.52 bits per heavy atom. The van der Waals surface area contributed by atoms with E-state index in [9.17, 15) is 9.90 Å². The van der Waals surface area contributed by atoms with Gasteiger partial charge in [0.25, 0.3) is 5.91 Å². The van der Waals surface area contributed by atoms with Crippen molar-refractivity contribution in [2.45, 2.75) is 19.4 Å². The van der Waals surface area contributed by atoms with Gasteiger partial charge < -0.3 is 9.84 Å². The molecule has 1 aromatic rings. The Hall–Kier alpha value is -1.63. The van der Waals surface area contributed by atoms with Gasteiger partial charge in [0.1, 0.15) is 12.4 Å². The van der Waals surface area contributed by atoms with Crippen molar-refractivity contribution in [3.8, 4) is 5.75 Å². The summed E-state index contributed by atoms with van der Waals surface area (Å²) in [5.74, 6) is 5.82. The van der Waals surface area contributed by atoms with Crippen LogP contribution in [-0.2, 0) is 0 Å². The minimum absolute atomic E-state index is 0.174. The van der Waals surface area contributed by atoms with Crippen LogP contribution in [0.15, 0.2) is 24.3 Å². The molecule has 2 unspecified atom stereocenters. The normalized spacial score (nSPS) is 22.2. The highest BCUT2D eigenvalue weighted by Gasteiger charge is 2.30. The predicted octanol–water partition coefficient (Wildman–Crippen LogP) is 0.372. The van der Waals surface area contributed by atoms with E-state index in [2.05, 4.69) is 17.2 Å². The molecule has 1 saturated heterocycles. The number of hydrogen-bond donors (Lipinski definition) is 3. The largest absolute Gasteiger partial charge is 0.491 e. The number of nitrogens with one attached hydrogen (secondary N) is 1. The minimum Gasteiger partial charge on any atom is -0.491 e. The van der Waals surface area contributed by atoms with E-state index in [-0.39, 0.29) is 18.6 Å². The van der Waals surface area contributed by atoms with Crippen molar-refractivity contribution < 1.29 is 14.6 Å². The van der Waals surface area contributed by atoms with Gasteiger partial charge >= 0.3 is 0 Å². The molecule has 4 N–H and O–H groups in total. The number of amides is 1. The molecule has 0 saturated carbocycles. The number of hydrogen-bond acceptors (Lipinski definition) is 5. The molecule has 0 aliphatic carbocycles. The molecule has 1 heterocycles. The molecule has 0 bridgehead atoms. The number of likely N-dealkylation sites (tertiary alicyclic amines) is 1. The van der Waals surface area contributed by atoms with Crippen molar-refractivity contribution in [1.82, 2.24) is 10.3 Å². The lowest BCUT2D eigenvalue weighted by atomic mass is 10.0. The molecule has 1 aliphatic heterocycles. The number of carbonyl (C=O) groups excluding carboxylic acids is 1. The van der Waals surface area contributed by atoms with E-state index in [1.165, 1.54) is 0 Å². The second-order valence-corrected chi connectivity index (χ2v) is 5.37. The number of aliphatic hydroxyl groups excluding tert-OH is 1. The Morgan fingerprint density at radius 2 is 2.29 bits per heavy atom. The molecule has 21 heavy (non-hydrogen) atoms. The van der Waals surface area contributed by atoms with Crippen LogP contribution in [0.4, 0.5) is 0 Å². The number of nitrogens with zero attached hydrogens (tertiary/aromatic N) is 1. The zero-order valence-corrected chi connectivity index (χ0v) is 12.3. The quantitative estimate of drug-likeness (QED) is 0.401. The third kappa shape index (κ3) is 3.72. The van der Waals surface area contributed by atoms with Crippen LogP contribution in [0.5, 0.6) is 5.75 Å². The molecule has 1 amide bonds. The van der Waals surface area contributed by atoms with Crippen molar-refractivity contribution in [2.75, 3.05) is 26.3 Å². The average molecular weight is 293 g/mol. The van der Waals surface area contributed by atoms with Crippen LogP contribution >= 0.6 is 0 Å². The lowest BCUT2D eigenvalue weighted by Gasteiger charge is -2.25. The first kappa shape index (κ1) is 15.8. The van der Waals surface area contributed by atoms with Gasteiger partial charge in [-0.25, -0.2) is 5.84 Å². The van der Waals surface area contributed by atoms with Crippen LogP contribution in [0.3, 0.4) is 0 Å². The van der Waals surface area contributed by atoms with Crippen LogP contribution in [-0.4, -0.2) is 48.3 Å². The number of aliphatic hydroxyl groups is 1. The van der Waals surface area contributed by atoms with E-state index in [0.29, 0.717) is 23.8 Å². The highest BCUT2D eigenvalue weighted by Crippen LogP contribution is 2.23. The molecule has 1 fully saturated rings. The van der Waals surface area contributed by atoms with Crippen LogP contribution in [0, 0.1) is 5.92 Å². The molecule has 2 atom stereocenters. The van der Waals surface area contributed by atoms with Crippen LogP contribution < -0.4 is 16.0 Å². The SMILES string of the molecule is CC1CCN(CCOc2ccccc2C(=O)NN)C1CO. The summed E-state index contributed by atoms with van der Waals surface area (Å²) in [7, 11) is 0. The standard InChI is InChI=1S/C15H23N3O3/c1-11-6-7-18(13(11)10-19)8-9-21-14-5-3-2-4-12(14)15(20)17-16/h2-5,11,13,19H,6-10,16H2,1H3,(H,17,20). The molecule has 1 aliphatic rings. The molecule has 0 spiro atoms. The van der Waals surface area contributed by atoms with E-state index >= 15 is 0 Å². The van der Waals surface area contributed by atoms with Gasteiger partial charge in [-0.2, -0.15) is 0 Å². The second kappa shape index (κ2) is 7.40. The number of benzene rings is 1. The molecule has 6 nitrogen and oxygen atoms in total. The topological polar surface area (TPSA) is 87.8 Å². The van der Waals surface area contributed by atoms with Gasteiger partial charge in [-0.1, -0.05) is 19.1 Å². The molecule has 116 valence electrons. The van der Waals surface area contributed by atoms with Crippen LogP contribution in [0.25, 0.3) is 0 Å². The van der Waals surface area contributed by atoms with Gasteiger partial charge in [-0.15, -0.1) is 0 Å². The third-order valence-electron chi connectivity index (χ3n) is 4.08. The number of hydrazine groups is 1. The molecule has 0 radical (unpaired) electrons.